The Balaban J connectivity index is 0.000000321. The molecule has 2 heterocycles. The van der Waals surface area contributed by atoms with Crippen LogP contribution >= 0.6 is 23.4 Å². The lowest BCUT2D eigenvalue weighted by Crippen LogP contribution is -2.26. The summed E-state index contributed by atoms with van der Waals surface area (Å²) in [6.07, 6.45) is 2.68. The second kappa shape index (κ2) is 10.4. The number of nitrogens with one attached hydrogen (secondary N) is 1. The first-order chi connectivity index (χ1) is 13.7. The van der Waals surface area contributed by atoms with Crippen molar-refractivity contribution in [3.63, 3.8) is 0 Å². The van der Waals surface area contributed by atoms with Gasteiger partial charge < -0.3 is 21.1 Å². The van der Waals surface area contributed by atoms with Gasteiger partial charge in [-0.3, -0.25) is 19.2 Å². The molecule has 0 unspecified atom stereocenters. The number of carboxylic acid groups (broad SMARTS) is 1. The molecule has 2 saturated heterocycles. The largest absolute Gasteiger partial charge is 0.480 e. The average Bonchev–Trinajstić information content (AvgIpc) is 3.19. The summed E-state index contributed by atoms with van der Waals surface area (Å²) < 4.78 is 0. The van der Waals surface area contributed by atoms with E-state index in [2.05, 4.69) is 10.2 Å². The number of Topliss-reactive ketones (excluding diaryl/α,β-unsaturated/α-hetero) is 1. The molecule has 10 heteroatoms. The number of nitrogens with zero attached hydrogens (tertiary/aromatic N) is 1. The Hall–Kier alpha value is -2.36. The molecule has 4 N–H and O–H groups in total. The Labute approximate surface area is 177 Å². The van der Waals surface area contributed by atoms with Gasteiger partial charge in [0, 0.05) is 31.6 Å². The fourth-order valence-electron chi connectivity index (χ4n) is 2.86. The number of thioether (sulfide) groups is 1. The SMILES string of the molecule is CC(=O)NCC(=O)O.N[C@H]1CCN(c2c(Cl)cccc2/C=C2\SC(=O)CC2=O)C1. The fraction of sp³-hybridized carbons (Fsp3) is 0.368. The van der Waals surface area contributed by atoms with Gasteiger partial charge in [-0.1, -0.05) is 23.7 Å². The van der Waals surface area contributed by atoms with E-state index in [1.807, 2.05) is 18.2 Å². The summed E-state index contributed by atoms with van der Waals surface area (Å²) in [5.74, 6) is -1.47. The number of allylic oxidation sites excluding steroid dienone is 1. The van der Waals surface area contributed by atoms with Crippen LogP contribution in [-0.2, 0) is 19.2 Å². The molecule has 0 aromatic heterocycles. The Morgan fingerprint density at radius 3 is 2.62 bits per heavy atom. The van der Waals surface area contributed by atoms with Crippen LogP contribution in [0.2, 0.25) is 5.02 Å². The number of amides is 1. The Morgan fingerprint density at radius 1 is 1.41 bits per heavy atom. The lowest BCUT2D eigenvalue weighted by Gasteiger charge is -2.22. The van der Waals surface area contributed by atoms with Crippen molar-refractivity contribution in [2.75, 3.05) is 24.5 Å². The number of carbonyl (C=O) groups excluding carboxylic acids is 3. The normalized spacial score (nSPS) is 19.9. The number of ketones is 1. The van der Waals surface area contributed by atoms with E-state index in [4.69, 9.17) is 22.4 Å². The Morgan fingerprint density at radius 2 is 2.14 bits per heavy atom. The monoisotopic (exact) mass is 439 g/mol. The summed E-state index contributed by atoms with van der Waals surface area (Å²) in [5, 5.41) is 10.6. The zero-order chi connectivity index (χ0) is 21.6. The van der Waals surface area contributed by atoms with Crippen LogP contribution in [0.5, 0.6) is 0 Å². The summed E-state index contributed by atoms with van der Waals surface area (Å²) >= 11 is 7.35. The average molecular weight is 440 g/mol. The molecule has 0 aliphatic carbocycles. The fourth-order valence-corrected chi connectivity index (χ4v) is 3.98. The van der Waals surface area contributed by atoms with E-state index in [1.54, 1.807) is 6.08 Å². The highest BCUT2D eigenvalue weighted by Gasteiger charge is 2.27. The smallest absolute Gasteiger partial charge is 0.322 e. The molecule has 0 saturated carbocycles. The number of hydrogen-bond donors (Lipinski definition) is 3. The predicted molar refractivity (Wildman–Crippen MR) is 113 cm³/mol. The van der Waals surface area contributed by atoms with E-state index in [-0.39, 0.29) is 35.8 Å². The first-order valence-corrected chi connectivity index (χ1v) is 10.1. The van der Waals surface area contributed by atoms with Crippen molar-refractivity contribution < 1.29 is 24.3 Å². The van der Waals surface area contributed by atoms with Crippen molar-refractivity contribution in [2.45, 2.75) is 25.8 Å². The van der Waals surface area contributed by atoms with Gasteiger partial charge in [0.1, 0.15) is 6.54 Å². The number of rotatable bonds is 4. The number of carboxylic acids is 1. The number of para-hydroxylation sites is 1. The summed E-state index contributed by atoms with van der Waals surface area (Å²) in [6.45, 7) is 2.57. The van der Waals surface area contributed by atoms with Crippen LogP contribution in [0, 0.1) is 0 Å². The van der Waals surface area contributed by atoms with Crippen LogP contribution < -0.4 is 16.0 Å². The number of hydrogen-bond acceptors (Lipinski definition) is 7. The first kappa shape index (κ1) is 22.9. The second-order valence-electron chi connectivity index (χ2n) is 6.56. The van der Waals surface area contributed by atoms with Crippen LogP contribution in [0.4, 0.5) is 5.69 Å². The van der Waals surface area contributed by atoms with E-state index >= 15 is 0 Å². The zero-order valence-electron chi connectivity index (χ0n) is 15.8. The number of benzene rings is 1. The molecule has 0 bridgehead atoms. The lowest BCUT2D eigenvalue weighted by molar-refractivity contribution is -0.137. The lowest BCUT2D eigenvalue weighted by atomic mass is 10.1. The van der Waals surface area contributed by atoms with E-state index < -0.39 is 5.97 Å². The molecule has 1 aromatic rings. The van der Waals surface area contributed by atoms with Gasteiger partial charge >= 0.3 is 5.97 Å². The van der Waals surface area contributed by atoms with E-state index in [0.29, 0.717) is 9.93 Å². The van der Waals surface area contributed by atoms with Crippen LogP contribution in [0.25, 0.3) is 6.08 Å². The molecular weight excluding hydrogens is 418 g/mol. The molecule has 3 rings (SSSR count). The summed E-state index contributed by atoms with van der Waals surface area (Å²) in [5.41, 5.74) is 7.72. The summed E-state index contributed by atoms with van der Waals surface area (Å²) in [6, 6.07) is 5.73. The highest BCUT2D eigenvalue weighted by atomic mass is 35.5. The van der Waals surface area contributed by atoms with Crippen LogP contribution in [-0.4, -0.2) is 53.6 Å². The van der Waals surface area contributed by atoms with Gasteiger partial charge in [0.25, 0.3) is 0 Å². The minimum Gasteiger partial charge on any atom is -0.480 e. The highest BCUT2D eigenvalue weighted by Crippen LogP contribution is 2.37. The molecule has 156 valence electrons. The number of carbonyl (C=O) groups is 4. The molecule has 2 fully saturated rings. The van der Waals surface area contributed by atoms with Crippen LogP contribution in [0.3, 0.4) is 0 Å². The number of nitrogens with two attached hydrogens (primary N) is 1. The standard InChI is InChI=1S/C15H15ClN2O2S.C4H7NO3/c16-11-3-1-2-9(6-13-12(19)7-14(20)21-13)15(11)18-5-4-10(17)8-18;1-3(6)5-2-4(7)8/h1-3,6,10H,4-5,7-8,17H2;2H2,1H3,(H,5,6)(H,7,8)/b13-6-;/t10-;/m0./s1. The Bertz CT molecular complexity index is 844. The van der Waals surface area contributed by atoms with Gasteiger partial charge in [-0.05, 0) is 30.3 Å². The molecule has 2 aliphatic rings. The topological polar surface area (TPSA) is 130 Å². The summed E-state index contributed by atoms with van der Waals surface area (Å²) in [4.78, 5) is 45.4. The van der Waals surface area contributed by atoms with E-state index in [9.17, 15) is 19.2 Å². The Kier molecular flexibility index (Phi) is 8.24. The number of aliphatic carboxylic acids is 1. The van der Waals surface area contributed by atoms with Crippen molar-refractivity contribution in [3.05, 3.63) is 33.7 Å². The third kappa shape index (κ3) is 6.88. The third-order valence-electron chi connectivity index (χ3n) is 4.14. The summed E-state index contributed by atoms with van der Waals surface area (Å²) in [7, 11) is 0. The van der Waals surface area contributed by atoms with Crippen molar-refractivity contribution >= 4 is 57.9 Å². The highest BCUT2D eigenvalue weighted by molar-refractivity contribution is 8.18. The number of halogens is 1. The third-order valence-corrected chi connectivity index (χ3v) is 5.38. The second-order valence-corrected chi connectivity index (χ2v) is 8.07. The number of anilines is 1. The van der Waals surface area contributed by atoms with Crippen molar-refractivity contribution in [1.82, 2.24) is 5.32 Å². The van der Waals surface area contributed by atoms with Gasteiger partial charge in [0.05, 0.1) is 22.0 Å². The van der Waals surface area contributed by atoms with Crippen LogP contribution in [0.1, 0.15) is 25.3 Å². The zero-order valence-corrected chi connectivity index (χ0v) is 17.4. The molecule has 29 heavy (non-hydrogen) atoms. The predicted octanol–water partition coefficient (Wildman–Crippen LogP) is 1.66. The van der Waals surface area contributed by atoms with Crippen molar-refractivity contribution in [2.24, 2.45) is 5.73 Å². The maximum absolute atomic E-state index is 11.8. The van der Waals surface area contributed by atoms with Crippen LogP contribution in [0.15, 0.2) is 23.1 Å². The quantitative estimate of drug-likeness (QED) is 0.477. The maximum Gasteiger partial charge on any atom is 0.322 e. The first-order valence-electron chi connectivity index (χ1n) is 8.88. The molecule has 2 aliphatic heterocycles. The molecule has 0 radical (unpaired) electrons. The van der Waals surface area contributed by atoms with Gasteiger partial charge in [0.2, 0.25) is 11.0 Å². The van der Waals surface area contributed by atoms with Gasteiger partial charge in [0.15, 0.2) is 5.78 Å². The maximum atomic E-state index is 11.8. The van der Waals surface area contributed by atoms with Gasteiger partial charge in [-0.2, -0.15) is 0 Å². The van der Waals surface area contributed by atoms with Gasteiger partial charge in [-0.15, -0.1) is 0 Å². The minimum atomic E-state index is -1.03. The van der Waals surface area contributed by atoms with E-state index in [0.717, 1.165) is 42.5 Å². The molecule has 1 amide bonds. The molecule has 1 aromatic carbocycles. The molecular formula is C19H22ClN3O5S. The molecule has 1 atom stereocenters. The van der Waals surface area contributed by atoms with Crippen molar-refractivity contribution in [1.29, 1.82) is 0 Å². The molecule has 8 nitrogen and oxygen atoms in total. The van der Waals surface area contributed by atoms with Gasteiger partial charge in [-0.25, -0.2) is 0 Å². The van der Waals surface area contributed by atoms with Crippen molar-refractivity contribution in [3.8, 4) is 0 Å². The van der Waals surface area contributed by atoms with E-state index in [1.165, 1.54) is 6.92 Å². The minimum absolute atomic E-state index is 0.0129. The molecule has 0 spiro atoms.